The Hall–Kier alpha value is -2.70. The Morgan fingerprint density at radius 3 is 2.38 bits per heavy atom. The van der Waals surface area contributed by atoms with E-state index in [0.29, 0.717) is 37.6 Å². The molecule has 0 unspecified atom stereocenters. The van der Waals surface area contributed by atoms with E-state index in [1.165, 1.54) is 12.1 Å². The van der Waals surface area contributed by atoms with E-state index < -0.39 is 0 Å². The van der Waals surface area contributed by atoms with Gasteiger partial charge < -0.3 is 10.1 Å². The highest BCUT2D eigenvalue weighted by Crippen LogP contribution is 2.21. The smallest absolute Gasteiger partial charge is 0.256 e. The Morgan fingerprint density at radius 1 is 1.10 bits per heavy atom. The number of aryl methyl sites for hydroxylation is 1. The van der Waals surface area contributed by atoms with E-state index in [-0.39, 0.29) is 16.9 Å². The maximum atomic E-state index is 13.1. The van der Waals surface area contributed by atoms with Crippen LogP contribution in [-0.4, -0.2) is 22.3 Å². The van der Waals surface area contributed by atoms with Gasteiger partial charge in [0.1, 0.15) is 11.0 Å². The summed E-state index contributed by atoms with van der Waals surface area (Å²) in [7, 11) is 0. The molecule has 7 heteroatoms. The number of hydrogen-bond donors (Lipinski definition) is 1. The molecule has 0 aliphatic rings. The minimum atomic E-state index is -0.303. The normalized spacial score (nSPS) is 10.9. The van der Waals surface area contributed by atoms with Gasteiger partial charge in [-0.15, -0.1) is 0 Å². The number of benzene rings is 2. The van der Waals surface area contributed by atoms with E-state index in [2.05, 4.69) is 10.4 Å². The van der Waals surface area contributed by atoms with Crippen molar-refractivity contribution >= 4 is 17.5 Å². The SMILES string of the molecule is CCOCc1ccc(CNC(=O)c2c(C)nn(Cc3ccc(F)cc3)c2Cl)cc1. The van der Waals surface area contributed by atoms with Gasteiger partial charge in [0.05, 0.1) is 24.4 Å². The molecular weight excluding hydrogens is 393 g/mol. The van der Waals surface area contributed by atoms with Gasteiger partial charge in [0, 0.05) is 13.2 Å². The minimum absolute atomic E-state index is 0.261. The fourth-order valence-corrected chi connectivity index (χ4v) is 3.24. The summed E-state index contributed by atoms with van der Waals surface area (Å²) in [5.41, 5.74) is 3.80. The summed E-state index contributed by atoms with van der Waals surface area (Å²) in [6.45, 7) is 5.68. The van der Waals surface area contributed by atoms with Crippen LogP contribution in [0.3, 0.4) is 0 Å². The Balaban J connectivity index is 1.64. The summed E-state index contributed by atoms with van der Waals surface area (Å²) in [6, 6.07) is 14.0. The standard InChI is InChI=1S/C22H23ClFN3O2/c1-3-29-14-18-6-4-16(5-7-18)12-25-22(28)20-15(2)26-27(21(20)23)13-17-8-10-19(24)11-9-17/h4-11H,3,12-14H2,1-2H3,(H,25,28). The van der Waals surface area contributed by atoms with Crippen LogP contribution in [0.5, 0.6) is 0 Å². The van der Waals surface area contributed by atoms with Gasteiger partial charge in [0.15, 0.2) is 0 Å². The third-order valence-corrected chi connectivity index (χ3v) is 4.87. The summed E-state index contributed by atoms with van der Waals surface area (Å²) in [5.74, 6) is -0.585. The summed E-state index contributed by atoms with van der Waals surface area (Å²) in [5, 5.41) is 7.51. The van der Waals surface area contributed by atoms with Gasteiger partial charge in [-0.3, -0.25) is 4.79 Å². The molecule has 0 saturated carbocycles. The Labute approximate surface area is 174 Å². The third-order valence-electron chi connectivity index (χ3n) is 4.49. The van der Waals surface area contributed by atoms with Gasteiger partial charge in [-0.1, -0.05) is 48.0 Å². The van der Waals surface area contributed by atoms with Crippen molar-refractivity contribution in [1.82, 2.24) is 15.1 Å². The first kappa shape index (κ1) is 21.0. The number of ether oxygens (including phenoxy) is 1. The number of hydrogen-bond acceptors (Lipinski definition) is 3. The zero-order valence-electron chi connectivity index (χ0n) is 16.4. The van der Waals surface area contributed by atoms with E-state index in [1.807, 2.05) is 31.2 Å². The van der Waals surface area contributed by atoms with Gasteiger partial charge >= 0.3 is 0 Å². The molecule has 0 spiro atoms. The van der Waals surface area contributed by atoms with Gasteiger partial charge in [0.25, 0.3) is 5.91 Å². The molecule has 1 N–H and O–H groups in total. The molecular formula is C22H23ClFN3O2. The van der Waals surface area contributed by atoms with Crippen LogP contribution in [-0.2, 0) is 24.4 Å². The topological polar surface area (TPSA) is 56.1 Å². The van der Waals surface area contributed by atoms with E-state index in [4.69, 9.17) is 16.3 Å². The average Bonchev–Trinajstić information content (AvgIpc) is 3.00. The largest absolute Gasteiger partial charge is 0.377 e. The maximum Gasteiger partial charge on any atom is 0.256 e. The predicted molar refractivity (Wildman–Crippen MR) is 110 cm³/mol. The second-order valence-corrected chi connectivity index (χ2v) is 7.03. The van der Waals surface area contributed by atoms with Crippen LogP contribution >= 0.6 is 11.6 Å². The molecule has 29 heavy (non-hydrogen) atoms. The Morgan fingerprint density at radius 2 is 1.72 bits per heavy atom. The molecule has 1 aromatic heterocycles. The van der Waals surface area contributed by atoms with Crippen molar-refractivity contribution in [3.8, 4) is 0 Å². The van der Waals surface area contributed by atoms with Crippen LogP contribution in [0.4, 0.5) is 4.39 Å². The molecule has 2 aromatic carbocycles. The fraction of sp³-hybridized carbons (Fsp3) is 0.273. The molecule has 0 aliphatic heterocycles. The average molecular weight is 416 g/mol. The first-order chi connectivity index (χ1) is 14.0. The first-order valence-corrected chi connectivity index (χ1v) is 9.76. The molecule has 1 heterocycles. The van der Waals surface area contributed by atoms with Crippen LogP contribution < -0.4 is 5.32 Å². The molecule has 0 aliphatic carbocycles. The first-order valence-electron chi connectivity index (χ1n) is 9.39. The number of halogens is 2. The second kappa shape index (κ2) is 9.67. The minimum Gasteiger partial charge on any atom is -0.377 e. The molecule has 0 atom stereocenters. The van der Waals surface area contributed by atoms with Crippen molar-refractivity contribution < 1.29 is 13.9 Å². The zero-order valence-corrected chi connectivity index (χ0v) is 17.2. The molecule has 0 fully saturated rings. The molecule has 0 radical (unpaired) electrons. The molecule has 0 saturated heterocycles. The van der Waals surface area contributed by atoms with E-state index >= 15 is 0 Å². The van der Waals surface area contributed by atoms with Crippen molar-refractivity contribution in [2.24, 2.45) is 0 Å². The number of nitrogens with one attached hydrogen (secondary N) is 1. The van der Waals surface area contributed by atoms with Crippen molar-refractivity contribution in [2.45, 2.75) is 33.5 Å². The molecule has 3 aromatic rings. The van der Waals surface area contributed by atoms with Crippen LogP contribution in [0.15, 0.2) is 48.5 Å². The number of amides is 1. The number of nitrogens with zero attached hydrogens (tertiary/aromatic N) is 2. The summed E-state index contributed by atoms with van der Waals surface area (Å²) < 4.78 is 20.0. The molecule has 0 bridgehead atoms. The summed E-state index contributed by atoms with van der Waals surface area (Å²) >= 11 is 6.41. The van der Waals surface area contributed by atoms with E-state index in [9.17, 15) is 9.18 Å². The second-order valence-electron chi connectivity index (χ2n) is 6.67. The zero-order chi connectivity index (χ0) is 20.8. The molecule has 152 valence electrons. The number of carbonyl (C=O) groups is 1. The molecule has 3 rings (SSSR count). The lowest BCUT2D eigenvalue weighted by atomic mass is 10.1. The van der Waals surface area contributed by atoms with Gasteiger partial charge in [-0.05, 0) is 42.7 Å². The van der Waals surface area contributed by atoms with Crippen LogP contribution in [0.25, 0.3) is 0 Å². The lowest BCUT2D eigenvalue weighted by molar-refractivity contribution is 0.0950. The van der Waals surface area contributed by atoms with Crippen molar-refractivity contribution in [3.63, 3.8) is 0 Å². The molecule has 5 nitrogen and oxygen atoms in total. The van der Waals surface area contributed by atoms with Crippen molar-refractivity contribution in [3.05, 3.63) is 87.4 Å². The highest BCUT2D eigenvalue weighted by Gasteiger charge is 2.20. The molecule has 1 amide bonds. The Bertz CT molecular complexity index is 969. The maximum absolute atomic E-state index is 13.1. The van der Waals surface area contributed by atoms with Crippen LogP contribution in [0.2, 0.25) is 5.15 Å². The van der Waals surface area contributed by atoms with Crippen LogP contribution in [0.1, 0.15) is 39.7 Å². The lowest BCUT2D eigenvalue weighted by Gasteiger charge is -2.07. The summed E-state index contributed by atoms with van der Waals surface area (Å²) in [6.07, 6.45) is 0. The third kappa shape index (κ3) is 5.43. The van der Waals surface area contributed by atoms with Gasteiger partial charge in [0.2, 0.25) is 0 Å². The lowest BCUT2D eigenvalue weighted by Crippen LogP contribution is -2.23. The van der Waals surface area contributed by atoms with E-state index in [1.54, 1.807) is 23.7 Å². The quantitative estimate of drug-likeness (QED) is 0.589. The van der Waals surface area contributed by atoms with Crippen LogP contribution in [0, 0.1) is 12.7 Å². The van der Waals surface area contributed by atoms with Gasteiger partial charge in [-0.2, -0.15) is 5.10 Å². The summed E-state index contributed by atoms with van der Waals surface area (Å²) in [4.78, 5) is 12.7. The fourth-order valence-electron chi connectivity index (χ4n) is 2.92. The Kier molecular flexibility index (Phi) is 7.01. The van der Waals surface area contributed by atoms with Crippen molar-refractivity contribution in [2.75, 3.05) is 6.61 Å². The monoisotopic (exact) mass is 415 g/mol. The van der Waals surface area contributed by atoms with Crippen molar-refractivity contribution in [1.29, 1.82) is 0 Å². The number of aromatic nitrogens is 2. The highest BCUT2D eigenvalue weighted by molar-refractivity contribution is 6.33. The number of carbonyl (C=O) groups excluding carboxylic acids is 1. The highest BCUT2D eigenvalue weighted by atomic mass is 35.5. The predicted octanol–water partition coefficient (Wildman–Crippen LogP) is 4.50. The van der Waals surface area contributed by atoms with E-state index in [0.717, 1.165) is 16.7 Å². The number of rotatable bonds is 8. The van der Waals surface area contributed by atoms with Gasteiger partial charge in [-0.25, -0.2) is 9.07 Å².